The molecule has 0 amide bonds. The van der Waals surface area contributed by atoms with Gasteiger partial charge in [-0.3, -0.25) is 0 Å². The fraction of sp³-hybridized carbons (Fsp3) is 0.455. The van der Waals surface area contributed by atoms with Gasteiger partial charge in [-0.25, -0.2) is 0 Å². The molecule has 78 valence electrons. The summed E-state index contributed by atoms with van der Waals surface area (Å²) in [7, 11) is 0. The van der Waals surface area contributed by atoms with Gasteiger partial charge in [-0.1, -0.05) is 6.07 Å². The Labute approximate surface area is 84.5 Å². The highest BCUT2D eigenvalue weighted by molar-refractivity contribution is 5.53. The van der Waals surface area contributed by atoms with E-state index >= 15 is 0 Å². The van der Waals surface area contributed by atoms with Gasteiger partial charge in [-0.2, -0.15) is 0 Å². The second-order valence-electron chi connectivity index (χ2n) is 3.53. The molecule has 1 atom stereocenters. The standard InChI is InChI=1S/C11H17NO2/c1-8-3-4-11(10(12)7-8)14-6-5-9(2)13/h3-4,7,9,13H,5-6,12H2,1-2H3. The van der Waals surface area contributed by atoms with E-state index in [1.54, 1.807) is 6.92 Å². The first-order chi connectivity index (χ1) is 6.59. The van der Waals surface area contributed by atoms with Crippen LogP contribution < -0.4 is 10.5 Å². The first kappa shape index (κ1) is 10.9. The first-order valence-electron chi connectivity index (χ1n) is 4.76. The normalized spacial score (nSPS) is 12.5. The van der Waals surface area contributed by atoms with Crippen molar-refractivity contribution in [1.29, 1.82) is 0 Å². The summed E-state index contributed by atoms with van der Waals surface area (Å²) in [6.45, 7) is 4.21. The molecule has 1 rings (SSSR count). The second kappa shape index (κ2) is 4.86. The summed E-state index contributed by atoms with van der Waals surface area (Å²) >= 11 is 0. The number of nitrogen functional groups attached to an aromatic ring is 1. The predicted octanol–water partition coefficient (Wildman–Crippen LogP) is 1.73. The van der Waals surface area contributed by atoms with Crippen molar-refractivity contribution < 1.29 is 9.84 Å². The average Bonchev–Trinajstić information content (AvgIpc) is 2.08. The Morgan fingerprint density at radius 1 is 1.50 bits per heavy atom. The van der Waals surface area contributed by atoms with Gasteiger partial charge in [0.15, 0.2) is 0 Å². The Kier molecular flexibility index (Phi) is 3.77. The molecule has 3 N–H and O–H groups in total. The zero-order chi connectivity index (χ0) is 10.6. The minimum Gasteiger partial charge on any atom is -0.491 e. The van der Waals surface area contributed by atoms with E-state index in [9.17, 15) is 0 Å². The van der Waals surface area contributed by atoms with Crippen LogP contribution in [0.3, 0.4) is 0 Å². The molecule has 3 nitrogen and oxygen atoms in total. The molecule has 0 heterocycles. The van der Waals surface area contributed by atoms with Crippen LogP contribution in [0.1, 0.15) is 18.9 Å². The summed E-state index contributed by atoms with van der Waals surface area (Å²) in [6, 6.07) is 5.68. The van der Waals surface area contributed by atoms with Gasteiger partial charge in [0.2, 0.25) is 0 Å². The summed E-state index contributed by atoms with van der Waals surface area (Å²) in [4.78, 5) is 0. The van der Waals surface area contributed by atoms with Gasteiger partial charge in [-0.05, 0) is 31.5 Å². The smallest absolute Gasteiger partial charge is 0.142 e. The van der Waals surface area contributed by atoms with Crippen LogP contribution in [0.5, 0.6) is 5.75 Å². The summed E-state index contributed by atoms with van der Waals surface area (Å²) < 4.78 is 5.42. The summed E-state index contributed by atoms with van der Waals surface area (Å²) in [5.74, 6) is 0.691. The zero-order valence-electron chi connectivity index (χ0n) is 8.66. The van der Waals surface area contributed by atoms with Gasteiger partial charge < -0.3 is 15.6 Å². The number of aryl methyl sites for hydroxylation is 1. The highest BCUT2D eigenvalue weighted by Crippen LogP contribution is 2.22. The van der Waals surface area contributed by atoms with Crippen LogP contribution in [0.4, 0.5) is 5.69 Å². The Bertz CT molecular complexity index is 297. The maximum Gasteiger partial charge on any atom is 0.142 e. The molecule has 1 unspecified atom stereocenters. The third kappa shape index (κ3) is 3.26. The zero-order valence-corrected chi connectivity index (χ0v) is 8.66. The fourth-order valence-electron chi connectivity index (χ4n) is 1.14. The molecule has 3 heteroatoms. The quantitative estimate of drug-likeness (QED) is 0.719. The molecule has 0 aromatic heterocycles. The Morgan fingerprint density at radius 3 is 2.79 bits per heavy atom. The van der Waals surface area contributed by atoms with Gasteiger partial charge in [0.1, 0.15) is 5.75 Å². The Hall–Kier alpha value is -1.22. The lowest BCUT2D eigenvalue weighted by molar-refractivity contribution is 0.156. The van der Waals surface area contributed by atoms with E-state index in [0.29, 0.717) is 24.5 Å². The molecule has 0 radical (unpaired) electrons. The van der Waals surface area contributed by atoms with E-state index < -0.39 is 0 Å². The van der Waals surface area contributed by atoms with Crippen molar-refractivity contribution in [2.24, 2.45) is 0 Å². The lowest BCUT2D eigenvalue weighted by atomic mass is 10.2. The van der Waals surface area contributed by atoms with E-state index in [2.05, 4.69) is 0 Å². The van der Waals surface area contributed by atoms with Crippen LogP contribution in [-0.4, -0.2) is 17.8 Å². The van der Waals surface area contributed by atoms with Crippen molar-refractivity contribution >= 4 is 5.69 Å². The minimum atomic E-state index is -0.332. The highest BCUT2D eigenvalue weighted by atomic mass is 16.5. The molecular formula is C11H17NO2. The summed E-state index contributed by atoms with van der Waals surface area (Å²) in [5.41, 5.74) is 7.52. The third-order valence-corrected chi connectivity index (χ3v) is 1.96. The van der Waals surface area contributed by atoms with Gasteiger partial charge in [0, 0.05) is 6.42 Å². The van der Waals surface area contributed by atoms with Crippen molar-refractivity contribution in [3.8, 4) is 5.75 Å². The number of hydrogen-bond acceptors (Lipinski definition) is 3. The molecule has 0 bridgehead atoms. The van der Waals surface area contributed by atoms with Crippen LogP contribution in [0.2, 0.25) is 0 Å². The summed E-state index contributed by atoms with van der Waals surface area (Å²) in [6.07, 6.45) is 0.287. The van der Waals surface area contributed by atoms with Gasteiger partial charge in [0.25, 0.3) is 0 Å². The van der Waals surface area contributed by atoms with Crippen molar-refractivity contribution in [3.63, 3.8) is 0 Å². The van der Waals surface area contributed by atoms with E-state index in [1.165, 1.54) is 0 Å². The molecule has 1 aromatic carbocycles. The molecule has 1 aromatic rings. The second-order valence-corrected chi connectivity index (χ2v) is 3.53. The number of aliphatic hydroxyl groups is 1. The molecule has 0 saturated heterocycles. The molecule has 0 saturated carbocycles. The fourth-order valence-corrected chi connectivity index (χ4v) is 1.14. The number of aliphatic hydroxyl groups excluding tert-OH is 1. The van der Waals surface area contributed by atoms with Crippen molar-refractivity contribution in [2.75, 3.05) is 12.3 Å². The lowest BCUT2D eigenvalue weighted by Crippen LogP contribution is -2.08. The van der Waals surface area contributed by atoms with Crippen LogP contribution >= 0.6 is 0 Å². The highest BCUT2D eigenvalue weighted by Gasteiger charge is 2.01. The van der Waals surface area contributed by atoms with Crippen molar-refractivity contribution in [3.05, 3.63) is 23.8 Å². The maximum absolute atomic E-state index is 9.03. The minimum absolute atomic E-state index is 0.332. The van der Waals surface area contributed by atoms with Crippen molar-refractivity contribution in [1.82, 2.24) is 0 Å². The molecule has 14 heavy (non-hydrogen) atoms. The SMILES string of the molecule is Cc1ccc(OCCC(C)O)c(N)c1. The van der Waals surface area contributed by atoms with Crippen LogP contribution in [-0.2, 0) is 0 Å². The monoisotopic (exact) mass is 195 g/mol. The van der Waals surface area contributed by atoms with Crippen LogP contribution in [0.25, 0.3) is 0 Å². The average molecular weight is 195 g/mol. The van der Waals surface area contributed by atoms with Crippen LogP contribution in [0.15, 0.2) is 18.2 Å². The Balaban J connectivity index is 2.51. The van der Waals surface area contributed by atoms with Crippen molar-refractivity contribution in [2.45, 2.75) is 26.4 Å². The summed E-state index contributed by atoms with van der Waals surface area (Å²) in [5, 5.41) is 9.03. The Morgan fingerprint density at radius 2 is 2.21 bits per heavy atom. The third-order valence-electron chi connectivity index (χ3n) is 1.96. The van der Waals surface area contributed by atoms with E-state index in [4.69, 9.17) is 15.6 Å². The lowest BCUT2D eigenvalue weighted by Gasteiger charge is -2.10. The molecule has 0 spiro atoms. The van der Waals surface area contributed by atoms with Crippen LogP contribution in [0, 0.1) is 6.92 Å². The van der Waals surface area contributed by atoms with Gasteiger partial charge >= 0.3 is 0 Å². The molecule has 0 aliphatic carbocycles. The van der Waals surface area contributed by atoms with E-state index in [0.717, 1.165) is 5.56 Å². The van der Waals surface area contributed by atoms with Gasteiger partial charge in [0.05, 0.1) is 18.4 Å². The van der Waals surface area contributed by atoms with Gasteiger partial charge in [-0.15, -0.1) is 0 Å². The number of anilines is 1. The maximum atomic E-state index is 9.03. The number of ether oxygens (including phenoxy) is 1. The predicted molar refractivity (Wildman–Crippen MR) is 57.4 cm³/mol. The number of hydrogen-bond donors (Lipinski definition) is 2. The topological polar surface area (TPSA) is 55.5 Å². The number of rotatable bonds is 4. The number of nitrogens with two attached hydrogens (primary N) is 1. The largest absolute Gasteiger partial charge is 0.491 e. The number of benzene rings is 1. The van der Waals surface area contributed by atoms with E-state index in [1.807, 2.05) is 25.1 Å². The molecule has 0 fully saturated rings. The van der Waals surface area contributed by atoms with E-state index in [-0.39, 0.29) is 6.10 Å². The first-order valence-corrected chi connectivity index (χ1v) is 4.76. The molecular weight excluding hydrogens is 178 g/mol. The molecule has 0 aliphatic rings. The molecule has 0 aliphatic heterocycles.